The van der Waals surface area contributed by atoms with Gasteiger partial charge in [0.05, 0.1) is 5.56 Å². The van der Waals surface area contributed by atoms with E-state index in [0.29, 0.717) is 22.5 Å². The number of benzene rings is 1. The van der Waals surface area contributed by atoms with Crippen LogP contribution in [0.15, 0.2) is 22.7 Å². The van der Waals surface area contributed by atoms with Crippen molar-refractivity contribution in [3.63, 3.8) is 0 Å². The third-order valence-corrected chi connectivity index (χ3v) is 3.52. The Balaban J connectivity index is 2.01. The van der Waals surface area contributed by atoms with Gasteiger partial charge in [0, 0.05) is 16.6 Å². The summed E-state index contributed by atoms with van der Waals surface area (Å²) in [6, 6.07) is 4.65. The summed E-state index contributed by atoms with van der Waals surface area (Å²) in [5.41, 5.74) is 0.648. The zero-order valence-corrected chi connectivity index (χ0v) is 11.9. The Bertz CT molecular complexity index is 499. The molecule has 1 aromatic rings. The molecule has 19 heavy (non-hydrogen) atoms. The maximum Gasteiger partial charge on any atom is 0.335 e. The molecule has 1 fully saturated rings. The van der Waals surface area contributed by atoms with Gasteiger partial charge in [0.15, 0.2) is 0 Å². The van der Waals surface area contributed by atoms with Crippen molar-refractivity contribution < 1.29 is 14.7 Å². The molecule has 1 aromatic carbocycles. The Morgan fingerprint density at radius 1 is 1.42 bits per heavy atom. The molecular formula is C13H15BrN2O3. The third-order valence-electron chi connectivity index (χ3n) is 3.06. The van der Waals surface area contributed by atoms with E-state index < -0.39 is 5.97 Å². The number of carboxylic acids is 1. The fourth-order valence-electron chi connectivity index (χ4n) is 2.15. The van der Waals surface area contributed by atoms with Gasteiger partial charge in [-0.1, -0.05) is 15.9 Å². The predicted octanol–water partition coefficient (Wildman–Crippen LogP) is 2.09. The minimum absolute atomic E-state index is 0.0804. The number of halogens is 1. The van der Waals surface area contributed by atoms with Crippen LogP contribution < -0.4 is 10.6 Å². The van der Waals surface area contributed by atoms with Crippen LogP contribution in [0.4, 0.5) is 5.69 Å². The van der Waals surface area contributed by atoms with Crippen molar-refractivity contribution in [2.45, 2.75) is 12.8 Å². The molecule has 1 aliphatic heterocycles. The Morgan fingerprint density at radius 3 is 2.84 bits per heavy atom. The van der Waals surface area contributed by atoms with Gasteiger partial charge in [0.2, 0.25) is 5.91 Å². The standard InChI is InChI=1S/C13H15BrN2O3/c14-10-4-9(13(18)19)5-11(6-10)16-12(17)3-8-1-2-15-7-8/h4-6,8,15H,1-3,7H2,(H,16,17)(H,18,19). The summed E-state index contributed by atoms with van der Waals surface area (Å²) in [5.74, 6) is -0.731. The highest BCUT2D eigenvalue weighted by molar-refractivity contribution is 9.10. The van der Waals surface area contributed by atoms with E-state index in [2.05, 4.69) is 26.6 Å². The highest BCUT2D eigenvalue weighted by atomic mass is 79.9. The Kier molecular flexibility index (Phi) is 4.55. The molecule has 0 saturated carbocycles. The van der Waals surface area contributed by atoms with Crippen LogP contribution in [0.1, 0.15) is 23.2 Å². The largest absolute Gasteiger partial charge is 0.478 e. The van der Waals surface area contributed by atoms with E-state index in [1.165, 1.54) is 12.1 Å². The number of anilines is 1. The van der Waals surface area contributed by atoms with Crippen LogP contribution in [0.2, 0.25) is 0 Å². The minimum Gasteiger partial charge on any atom is -0.478 e. The zero-order chi connectivity index (χ0) is 13.8. The van der Waals surface area contributed by atoms with Gasteiger partial charge in [-0.3, -0.25) is 4.79 Å². The fourth-order valence-corrected chi connectivity index (χ4v) is 2.64. The molecule has 1 atom stereocenters. The van der Waals surface area contributed by atoms with E-state index in [1.807, 2.05) is 0 Å². The van der Waals surface area contributed by atoms with Crippen molar-refractivity contribution in [1.29, 1.82) is 0 Å². The van der Waals surface area contributed by atoms with Crippen molar-refractivity contribution >= 4 is 33.5 Å². The molecule has 2 rings (SSSR count). The highest BCUT2D eigenvalue weighted by Gasteiger charge is 2.18. The SMILES string of the molecule is O=C(CC1CCNC1)Nc1cc(Br)cc(C(=O)O)c1. The van der Waals surface area contributed by atoms with E-state index in [0.717, 1.165) is 19.5 Å². The fraction of sp³-hybridized carbons (Fsp3) is 0.385. The van der Waals surface area contributed by atoms with E-state index in [1.54, 1.807) is 6.07 Å². The molecule has 1 unspecified atom stereocenters. The van der Waals surface area contributed by atoms with E-state index >= 15 is 0 Å². The van der Waals surface area contributed by atoms with Crippen LogP contribution in [0.25, 0.3) is 0 Å². The van der Waals surface area contributed by atoms with Crippen molar-refractivity contribution in [1.82, 2.24) is 5.32 Å². The quantitative estimate of drug-likeness (QED) is 0.791. The maximum absolute atomic E-state index is 11.9. The molecule has 3 N–H and O–H groups in total. The van der Waals surface area contributed by atoms with E-state index in [9.17, 15) is 9.59 Å². The Morgan fingerprint density at radius 2 is 2.21 bits per heavy atom. The molecule has 0 bridgehead atoms. The third kappa shape index (κ3) is 4.04. The second-order valence-corrected chi connectivity index (χ2v) is 5.56. The lowest BCUT2D eigenvalue weighted by Crippen LogP contribution is -2.18. The molecule has 5 nitrogen and oxygen atoms in total. The topological polar surface area (TPSA) is 78.4 Å². The number of hydrogen-bond acceptors (Lipinski definition) is 3. The molecule has 1 heterocycles. The van der Waals surface area contributed by atoms with Gasteiger partial charge in [-0.2, -0.15) is 0 Å². The van der Waals surface area contributed by atoms with Gasteiger partial charge < -0.3 is 15.7 Å². The monoisotopic (exact) mass is 326 g/mol. The average molecular weight is 327 g/mol. The molecule has 1 amide bonds. The van der Waals surface area contributed by atoms with Crippen LogP contribution in [0.5, 0.6) is 0 Å². The minimum atomic E-state index is -1.02. The maximum atomic E-state index is 11.9. The van der Waals surface area contributed by atoms with Gasteiger partial charge in [0.25, 0.3) is 0 Å². The molecule has 1 saturated heterocycles. The number of carboxylic acid groups (broad SMARTS) is 1. The first kappa shape index (κ1) is 14.0. The van der Waals surface area contributed by atoms with Gasteiger partial charge in [0.1, 0.15) is 0 Å². The summed E-state index contributed by atoms with van der Waals surface area (Å²) in [4.78, 5) is 22.8. The molecule has 0 spiro atoms. The number of amides is 1. The van der Waals surface area contributed by atoms with E-state index in [-0.39, 0.29) is 11.5 Å². The Hall–Kier alpha value is -1.40. The van der Waals surface area contributed by atoms with Gasteiger partial charge in [-0.25, -0.2) is 4.79 Å². The van der Waals surface area contributed by atoms with Crippen LogP contribution in [-0.2, 0) is 4.79 Å². The number of aromatic carboxylic acids is 1. The predicted molar refractivity (Wildman–Crippen MR) is 75.3 cm³/mol. The second-order valence-electron chi connectivity index (χ2n) is 4.64. The molecule has 0 radical (unpaired) electrons. The average Bonchev–Trinajstić information content (AvgIpc) is 2.80. The summed E-state index contributed by atoms with van der Waals surface area (Å²) in [7, 11) is 0. The summed E-state index contributed by atoms with van der Waals surface area (Å²) < 4.78 is 0.630. The van der Waals surface area contributed by atoms with Gasteiger partial charge >= 0.3 is 5.97 Å². The molecule has 102 valence electrons. The van der Waals surface area contributed by atoms with E-state index in [4.69, 9.17) is 5.11 Å². The van der Waals surface area contributed by atoms with Crippen LogP contribution >= 0.6 is 15.9 Å². The first-order chi connectivity index (χ1) is 9.04. The molecule has 1 aliphatic rings. The summed E-state index contributed by atoms with van der Waals surface area (Å²) in [5, 5.41) is 14.9. The smallest absolute Gasteiger partial charge is 0.335 e. The second kappa shape index (κ2) is 6.16. The number of rotatable bonds is 4. The van der Waals surface area contributed by atoms with Gasteiger partial charge in [-0.15, -0.1) is 0 Å². The summed E-state index contributed by atoms with van der Waals surface area (Å²) in [6.45, 7) is 1.82. The number of carbonyl (C=O) groups is 2. The summed E-state index contributed by atoms with van der Waals surface area (Å²) in [6.07, 6.45) is 1.47. The van der Waals surface area contributed by atoms with Gasteiger partial charge in [-0.05, 0) is 43.6 Å². The molecular weight excluding hydrogens is 312 g/mol. The lowest BCUT2D eigenvalue weighted by atomic mass is 10.0. The highest BCUT2D eigenvalue weighted by Crippen LogP contribution is 2.21. The summed E-state index contributed by atoms with van der Waals surface area (Å²) >= 11 is 3.23. The molecule has 6 heteroatoms. The lowest BCUT2D eigenvalue weighted by Gasteiger charge is -2.10. The zero-order valence-electron chi connectivity index (χ0n) is 10.3. The van der Waals surface area contributed by atoms with Crippen molar-refractivity contribution in [2.75, 3.05) is 18.4 Å². The first-order valence-corrected chi connectivity index (χ1v) is 6.88. The molecule has 0 aromatic heterocycles. The molecule has 0 aliphatic carbocycles. The van der Waals surface area contributed by atoms with Crippen LogP contribution in [0, 0.1) is 5.92 Å². The normalized spacial score (nSPS) is 18.3. The van der Waals surface area contributed by atoms with Crippen molar-refractivity contribution in [2.24, 2.45) is 5.92 Å². The van der Waals surface area contributed by atoms with Crippen LogP contribution in [0.3, 0.4) is 0 Å². The number of carbonyl (C=O) groups excluding carboxylic acids is 1. The first-order valence-electron chi connectivity index (χ1n) is 6.09. The number of nitrogens with one attached hydrogen (secondary N) is 2. The lowest BCUT2D eigenvalue weighted by molar-refractivity contribution is -0.116. The van der Waals surface area contributed by atoms with Crippen molar-refractivity contribution in [3.8, 4) is 0 Å². The van der Waals surface area contributed by atoms with Crippen molar-refractivity contribution in [3.05, 3.63) is 28.2 Å². The Labute approximate surface area is 119 Å². The van der Waals surface area contributed by atoms with Crippen LogP contribution in [-0.4, -0.2) is 30.1 Å². The number of hydrogen-bond donors (Lipinski definition) is 3.